The smallest absolute Gasteiger partial charge is 0.322 e. The average molecular weight is 426 g/mol. The summed E-state index contributed by atoms with van der Waals surface area (Å²) in [6.07, 6.45) is 3.34. The van der Waals surface area contributed by atoms with E-state index in [0.29, 0.717) is 36.9 Å². The van der Waals surface area contributed by atoms with Crippen molar-refractivity contribution in [3.63, 3.8) is 0 Å². The van der Waals surface area contributed by atoms with E-state index in [0.717, 1.165) is 28.6 Å². The van der Waals surface area contributed by atoms with Crippen LogP contribution in [-0.4, -0.2) is 56.6 Å². The van der Waals surface area contributed by atoms with Crippen molar-refractivity contribution in [2.45, 2.75) is 20.8 Å². The van der Waals surface area contributed by atoms with Gasteiger partial charge in [0.15, 0.2) is 0 Å². The van der Waals surface area contributed by atoms with Gasteiger partial charge in [0.25, 0.3) is 0 Å². The van der Waals surface area contributed by atoms with E-state index in [2.05, 4.69) is 25.2 Å². The Hall–Kier alpha value is -3.13. The first-order valence-electron chi connectivity index (χ1n) is 9.82. The number of aryl methyl sites for hydroxylation is 2. The van der Waals surface area contributed by atoms with Gasteiger partial charge in [0.2, 0.25) is 0 Å². The van der Waals surface area contributed by atoms with E-state index in [4.69, 9.17) is 11.6 Å². The molecule has 0 radical (unpaired) electrons. The van der Waals surface area contributed by atoms with Crippen molar-refractivity contribution < 1.29 is 4.79 Å². The van der Waals surface area contributed by atoms with Gasteiger partial charge in [0.05, 0.1) is 16.4 Å². The molecular weight excluding hydrogens is 402 g/mol. The molecule has 0 saturated carbocycles. The van der Waals surface area contributed by atoms with Crippen LogP contribution in [-0.2, 0) is 0 Å². The van der Waals surface area contributed by atoms with Crippen LogP contribution in [0, 0.1) is 20.8 Å². The van der Waals surface area contributed by atoms with Crippen LogP contribution in [0.2, 0.25) is 5.02 Å². The second kappa shape index (κ2) is 8.31. The number of benzene rings is 1. The highest BCUT2D eigenvalue weighted by Crippen LogP contribution is 2.23. The highest BCUT2D eigenvalue weighted by Gasteiger charge is 2.23. The van der Waals surface area contributed by atoms with Crippen molar-refractivity contribution in [1.82, 2.24) is 24.4 Å². The van der Waals surface area contributed by atoms with E-state index < -0.39 is 0 Å². The Kier molecular flexibility index (Phi) is 5.59. The van der Waals surface area contributed by atoms with E-state index in [1.807, 2.05) is 49.6 Å². The fourth-order valence-electron chi connectivity index (χ4n) is 3.43. The number of halogens is 1. The molecule has 0 unspecified atom stereocenters. The van der Waals surface area contributed by atoms with Gasteiger partial charge < -0.3 is 15.1 Å². The van der Waals surface area contributed by atoms with E-state index in [9.17, 15) is 4.79 Å². The summed E-state index contributed by atoms with van der Waals surface area (Å²) in [6, 6.07) is 7.40. The topological polar surface area (TPSA) is 79.2 Å². The number of amides is 2. The molecule has 1 aliphatic rings. The Morgan fingerprint density at radius 3 is 2.40 bits per heavy atom. The van der Waals surface area contributed by atoms with Crippen molar-refractivity contribution in [3.8, 4) is 5.82 Å². The van der Waals surface area contributed by atoms with Crippen molar-refractivity contribution >= 4 is 29.1 Å². The fourth-order valence-corrected chi connectivity index (χ4v) is 3.71. The summed E-state index contributed by atoms with van der Waals surface area (Å²) in [7, 11) is 0. The molecule has 8 nitrogen and oxygen atoms in total. The van der Waals surface area contributed by atoms with Crippen LogP contribution in [0.3, 0.4) is 0 Å². The number of aromatic nitrogens is 4. The number of anilines is 2. The minimum Gasteiger partial charge on any atom is -0.353 e. The lowest BCUT2D eigenvalue weighted by molar-refractivity contribution is 0.208. The second-order valence-electron chi connectivity index (χ2n) is 7.41. The average Bonchev–Trinajstić information content (AvgIpc) is 3.09. The minimum absolute atomic E-state index is 0.145. The molecule has 3 heterocycles. The minimum atomic E-state index is -0.145. The molecule has 30 heavy (non-hydrogen) atoms. The van der Waals surface area contributed by atoms with Crippen LogP contribution in [0.1, 0.15) is 17.0 Å². The third-order valence-corrected chi connectivity index (χ3v) is 5.71. The summed E-state index contributed by atoms with van der Waals surface area (Å²) in [5, 5.41) is 3.44. The molecule has 4 rings (SSSR count). The van der Waals surface area contributed by atoms with E-state index in [1.165, 1.54) is 0 Å². The molecule has 1 N–H and O–H groups in total. The lowest BCUT2D eigenvalue weighted by Crippen LogP contribution is -2.50. The van der Waals surface area contributed by atoms with Crippen LogP contribution >= 0.6 is 11.6 Å². The van der Waals surface area contributed by atoms with Crippen LogP contribution in [0.15, 0.2) is 36.9 Å². The number of rotatable bonds is 3. The highest BCUT2D eigenvalue weighted by atomic mass is 35.5. The Balaban J connectivity index is 1.40. The number of hydrogen-bond donors (Lipinski definition) is 1. The number of imidazole rings is 1. The van der Waals surface area contributed by atoms with E-state index in [-0.39, 0.29) is 6.03 Å². The number of hydrogen-bond acceptors (Lipinski definition) is 5. The lowest BCUT2D eigenvalue weighted by atomic mass is 10.2. The molecule has 156 valence electrons. The predicted octanol–water partition coefficient (Wildman–Crippen LogP) is 3.60. The maximum Gasteiger partial charge on any atom is 0.322 e. The number of carbonyl (C=O) groups is 1. The molecule has 0 spiro atoms. The van der Waals surface area contributed by atoms with Gasteiger partial charge in [-0.25, -0.2) is 19.7 Å². The third kappa shape index (κ3) is 4.09. The van der Waals surface area contributed by atoms with Crippen LogP contribution in [0.4, 0.5) is 16.3 Å². The summed E-state index contributed by atoms with van der Waals surface area (Å²) in [5.41, 5.74) is 3.71. The molecule has 2 amide bonds. The number of carbonyl (C=O) groups excluding carboxylic acids is 1. The monoisotopic (exact) mass is 425 g/mol. The van der Waals surface area contributed by atoms with Crippen LogP contribution in [0.5, 0.6) is 0 Å². The second-order valence-corrected chi connectivity index (χ2v) is 7.81. The van der Waals surface area contributed by atoms with Gasteiger partial charge in [-0.2, -0.15) is 0 Å². The summed E-state index contributed by atoms with van der Waals surface area (Å²) in [4.78, 5) is 29.7. The van der Waals surface area contributed by atoms with Crippen LogP contribution in [0.25, 0.3) is 5.82 Å². The fraction of sp³-hybridized carbons (Fsp3) is 0.333. The summed E-state index contributed by atoms with van der Waals surface area (Å²) >= 11 is 6.23. The standard InChI is InChI=1S/C21H24ClN7O/c1-14-4-5-18(17(22)10-14)26-21(30)28-8-6-27(7-9-28)19-11-20(24-12-23-19)29-13-25-15(2)16(29)3/h4-5,10-13H,6-9H2,1-3H3,(H,26,30). The third-order valence-electron chi connectivity index (χ3n) is 5.39. The lowest BCUT2D eigenvalue weighted by Gasteiger charge is -2.35. The number of nitrogens with zero attached hydrogens (tertiary/aromatic N) is 6. The molecule has 1 fully saturated rings. The zero-order valence-corrected chi connectivity index (χ0v) is 18.0. The Labute approximate surface area is 180 Å². The van der Waals surface area contributed by atoms with Gasteiger partial charge in [0.1, 0.15) is 24.3 Å². The maximum atomic E-state index is 12.6. The molecule has 3 aromatic rings. The van der Waals surface area contributed by atoms with Crippen molar-refractivity contribution in [3.05, 3.63) is 58.9 Å². The van der Waals surface area contributed by atoms with Gasteiger partial charge in [-0.15, -0.1) is 0 Å². The summed E-state index contributed by atoms with van der Waals surface area (Å²) in [6.45, 7) is 8.52. The molecule has 9 heteroatoms. The molecule has 0 bridgehead atoms. The molecule has 1 aromatic carbocycles. The van der Waals surface area contributed by atoms with Crippen molar-refractivity contribution in [1.29, 1.82) is 0 Å². The van der Waals surface area contributed by atoms with Crippen molar-refractivity contribution in [2.75, 3.05) is 36.4 Å². The van der Waals surface area contributed by atoms with Gasteiger partial charge in [-0.05, 0) is 38.5 Å². The summed E-state index contributed by atoms with van der Waals surface area (Å²) in [5.74, 6) is 1.62. The first-order chi connectivity index (χ1) is 14.4. The normalized spacial score (nSPS) is 14.1. The zero-order valence-electron chi connectivity index (χ0n) is 17.3. The number of nitrogens with one attached hydrogen (secondary N) is 1. The molecule has 1 aliphatic heterocycles. The Morgan fingerprint density at radius 1 is 1.00 bits per heavy atom. The maximum absolute atomic E-state index is 12.6. The molecule has 2 aromatic heterocycles. The van der Waals surface area contributed by atoms with Gasteiger partial charge in [0, 0.05) is 37.9 Å². The molecular formula is C21H24ClN7O. The molecule has 1 saturated heterocycles. The highest BCUT2D eigenvalue weighted by molar-refractivity contribution is 6.33. The van der Waals surface area contributed by atoms with E-state index >= 15 is 0 Å². The predicted molar refractivity (Wildman–Crippen MR) is 118 cm³/mol. The molecule has 0 aliphatic carbocycles. The first kappa shape index (κ1) is 20.2. The quantitative estimate of drug-likeness (QED) is 0.693. The Bertz CT molecular complexity index is 1070. The Morgan fingerprint density at radius 2 is 1.73 bits per heavy atom. The first-order valence-corrected chi connectivity index (χ1v) is 10.2. The van der Waals surface area contributed by atoms with Gasteiger partial charge in [-0.1, -0.05) is 17.7 Å². The van der Waals surface area contributed by atoms with Crippen LogP contribution < -0.4 is 10.2 Å². The number of urea groups is 1. The van der Waals surface area contributed by atoms with E-state index in [1.54, 1.807) is 17.6 Å². The van der Waals surface area contributed by atoms with Crippen molar-refractivity contribution in [2.24, 2.45) is 0 Å². The number of piperazine rings is 1. The largest absolute Gasteiger partial charge is 0.353 e. The zero-order chi connectivity index (χ0) is 21.3. The van der Waals surface area contributed by atoms with Gasteiger partial charge >= 0.3 is 6.03 Å². The summed E-state index contributed by atoms with van der Waals surface area (Å²) < 4.78 is 1.95. The molecule has 0 atom stereocenters. The van der Waals surface area contributed by atoms with Gasteiger partial charge in [-0.3, -0.25) is 4.57 Å². The SMILES string of the molecule is Cc1ccc(NC(=O)N2CCN(c3cc(-n4cnc(C)c4C)ncn3)CC2)c(Cl)c1.